The van der Waals surface area contributed by atoms with Crippen LogP contribution < -0.4 is 14.5 Å². The minimum Gasteiger partial charge on any atom is -0.465 e. The predicted octanol–water partition coefficient (Wildman–Crippen LogP) is 4.70. The molecule has 0 saturated carbocycles. The molecular formula is C23H23ClN4O3S. The quantitative estimate of drug-likeness (QED) is 0.427. The Labute approximate surface area is 196 Å². The summed E-state index contributed by atoms with van der Waals surface area (Å²) in [6, 6.07) is 14.0. The molecule has 1 saturated heterocycles. The molecular weight excluding hydrogens is 448 g/mol. The van der Waals surface area contributed by atoms with Crippen molar-refractivity contribution in [2.45, 2.75) is 18.9 Å². The number of nitrogens with one attached hydrogen (secondary N) is 1. The van der Waals surface area contributed by atoms with E-state index >= 15 is 0 Å². The van der Waals surface area contributed by atoms with Gasteiger partial charge in [-0.15, -0.1) is 0 Å². The Balaban J connectivity index is 1.36. The highest BCUT2D eigenvalue weighted by molar-refractivity contribution is 7.82. The zero-order chi connectivity index (χ0) is 22.7. The van der Waals surface area contributed by atoms with Gasteiger partial charge in [0.2, 0.25) is 0 Å². The monoisotopic (exact) mass is 470 g/mol. The fourth-order valence-corrected chi connectivity index (χ4v) is 4.22. The summed E-state index contributed by atoms with van der Waals surface area (Å²) < 4.78 is 5.93. The Morgan fingerprint density at radius 1 is 1.16 bits per heavy atom. The SMILES string of the molecule is COC(=O)c1ccc(N(S)C(=O)NC2CCN(c3ccnc4ccc(Cl)cc34)CC2)cc1. The number of rotatable bonds is 4. The summed E-state index contributed by atoms with van der Waals surface area (Å²) in [6.45, 7) is 1.61. The molecule has 1 aromatic heterocycles. The van der Waals surface area contributed by atoms with E-state index in [4.69, 9.17) is 11.6 Å². The van der Waals surface area contributed by atoms with Gasteiger partial charge in [-0.1, -0.05) is 24.4 Å². The van der Waals surface area contributed by atoms with E-state index in [0.717, 1.165) is 42.5 Å². The fourth-order valence-electron chi connectivity index (χ4n) is 3.85. The molecule has 1 N–H and O–H groups in total. The summed E-state index contributed by atoms with van der Waals surface area (Å²) >= 11 is 10.5. The average molecular weight is 471 g/mol. The number of hydrogen-bond donors (Lipinski definition) is 2. The molecule has 0 bridgehead atoms. The van der Waals surface area contributed by atoms with Gasteiger partial charge in [-0.3, -0.25) is 4.98 Å². The first kappa shape index (κ1) is 22.2. The highest BCUT2D eigenvalue weighted by Gasteiger charge is 2.24. The molecule has 3 aromatic rings. The molecule has 7 nitrogen and oxygen atoms in total. The number of pyridine rings is 1. The standard InChI is InChI=1S/C23H23ClN4O3S/c1-31-22(29)15-2-5-18(6-3-15)28(32)23(30)26-17-9-12-27(13-10-17)21-8-11-25-20-7-4-16(24)14-19(20)21/h2-8,11,14,17,32H,9-10,12-13H2,1H3,(H,26,30). The molecule has 0 atom stereocenters. The van der Waals surface area contributed by atoms with Crippen molar-refractivity contribution in [3.8, 4) is 0 Å². The highest BCUT2D eigenvalue weighted by atomic mass is 35.5. The highest BCUT2D eigenvalue weighted by Crippen LogP contribution is 2.30. The molecule has 1 aliphatic rings. The van der Waals surface area contributed by atoms with E-state index < -0.39 is 5.97 Å². The maximum absolute atomic E-state index is 12.7. The van der Waals surface area contributed by atoms with E-state index in [1.54, 1.807) is 24.3 Å². The van der Waals surface area contributed by atoms with E-state index in [0.29, 0.717) is 16.3 Å². The van der Waals surface area contributed by atoms with Crippen LogP contribution in [0.2, 0.25) is 5.02 Å². The van der Waals surface area contributed by atoms with Gasteiger partial charge in [-0.2, -0.15) is 0 Å². The first-order valence-corrected chi connectivity index (χ1v) is 11.0. The summed E-state index contributed by atoms with van der Waals surface area (Å²) in [5.74, 6) is -0.428. The van der Waals surface area contributed by atoms with E-state index in [9.17, 15) is 9.59 Å². The lowest BCUT2D eigenvalue weighted by molar-refractivity contribution is 0.0600. The number of hydrogen-bond acceptors (Lipinski definition) is 6. The van der Waals surface area contributed by atoms with Crippen molar-refractivity contribution >= 4 is 58.7 Å². The second kappa shape index (κ2) is 9.67. The van der Waals surface area contributed by atoms with E-state index in [1.807, 2.05) is 30.5 Å². The molecule has 1 fully saturated rings. The summed E-state index contributed by atoms with van der Waals surface area (Å²) in [5, 5.41) is 4.75. The van der Waals surface area contributed by atoms with Crippen molar-refractivity contribution < 1.29 is 14.3 Å². The molecule has 0 spiro atoms. The summed E-state index contributed by atoms with van der Waals surface area (Å²) in [4.78, 5) is 30.9. The third-order valence-electron chi connectivity index (χ3n) is 5.57. The van der Waals surface area contributed by atoms with Crippen LogP contribution in [0.4, 0.5) is 16.2 Å². The molecule has 4 rings (SSSR count). The Morgan fingerprint density at radius 3 is 2.56 bits per heavy atom. The smallest absolute Gasteiger partial charge is 0.337 e. The van der Waals surface area contributed by atoms with Crippen LogP contribution >= 0.6 is 24.4 Å². The summed E-state index contributed by atoms with van der Waals surface area (Å²) in [5.41, 5.74) is 2.99. The van der Waals surface area contributed by atoms with Crippen molar-refractivity contribution in [2.24, 2.45) is 0 Å². The third kappa shape index (κ3) is 4.76. The van der Waals surface area contributed by atoms with E-state index in [-0.39, 0.29) is 12.1 Å². The first-order valence-electron chi connectivity index (χ1n) is 10.2. The van der Waals surface area contributed by atoms with Crippen molar-refractivity contribution in [3.05, 3.63) is 65.3 Å². The van der Waals surface area contributed by atoms with Gasteiger partial charge in [0.1, 0.15) is 0 Å². The first-order chi connectivity index (χ1) is 15.5. The number of carbonyl (C=O) groups is 2. The number of fused-ring (bicyclic) bond motifs is 1. The third-order valence-corrected chi connectivity index (χ3v) is 6.22. The van der Waals surface area contributed by atoms with Crippen LogP contribution in [0.3, 0.4) is 0 Å². The van der Waals surface area contributed by atoms with Crippen molar-refractivity contribution in [2.75, 3.05) is 29.4 Å². The Kier molecular flexibility index (Phi) is 6.72. The minimum atomic E-state index is -0.428. The number of halogens is 1. The number of ether oxygens (including phenoxy) is 1. The molecule has 0 radical (unpaired) electrons. The van der Waals surface area contributed by atoms with Gasteiger partial charge in [0, 0.05) is 41.4 Å². The summed E-state index contributed by atoms with van der Waals surface area (Å²) in [6.07, 6.45) is 3.42. The van der Waals surface area contributed by atoms with Gasteiger partial charge in [0.15, 0.2) is 0 Å². The number of benzene rings is 2. The fraction of sp³-hybridized carbons (Fsp3) is 0.261. The molecule has 0 aliphatic carbocycles. The summed E-state index contributed by atoms with van der Waals surface area (Å²) in [7, 11) is 1.33. The predicted molar refractivity (Wildman–Crippen MR) is 130 cm³/mol. The molecule has 9 heteroatoms. The number of methoxy groups -OCH3 is 1. The number of carbonyl (C=O) groups excluding carboxylic acids is 2. The van der Waals surface area contributed by atoms with Gasteiger partial charge < -0.3 is 15.0 Å². The van der Waals surface area contributed by atoms with Crippen LogP contribution in [-0.2, 0) is 4.74 Å². The number of anilines is 2. The Hall–Kier alpha value is -2.97. The number of nitrogens with zero attached hydrogens (tertiary/aromatic N) is 3. The lowest BCUT2D eigenvalue weighted by Gasteiger charge is -2.35. The zero-order valence-electron chi connectivity index (χ0n) is 17.5. The molecule has 32 heavy (non-hydrogen) atoms. The van der Waals surface area contributed by atoms with Crippen LogP contribution in [0.5, 0.6) is 0 Å². The second-order valence-corrected chi connectivity index (χ2v) is 8.39. The van der Waals surface area contributed by atoms with Crippen LogP contribution in [0.15, 0.2) is 54.7 Å². The largest absolute Gasteiger partial charge is 0.465 e. The second-order valence-electron chi connectivity index (χ2n) is 7.55. The molecule has 2 amide bonds. The lowest BCUT2D eigenvalue weighted by atomic mass is 10.0. The topological polar surface area (TPSA) is 74.8 Å². The molecule has 0 unspecified atom stereocenters. The van der Waals surface area contributed by atoms with Gasteiger partial charge in [-0.25, -0.2) is 13.9 Å². The normalized spacial score (nSPS) is 14.3. The maximum Gasteiger partial charge on any atom is 0.337 e. The van der Waals surface area contributed by atoms with E-state index in [1.165, 1.54) is 11.4 Å². The molecule has 2 heterocycles. The average Bonchev–Trinajstić information content (AvgIpc) is 2.83. The van der Waals surface area contributed by atoms with Crippen LogP contribution in [-0.4, -0.2) is 43.2 Å². The molecule has 166 valence electrons. The number of piperidine rings is 1. The number of amides is 2. The minimum absolute atomic E-state index is 0.0411. The lowest BCUT2D eigenvalue weighted by Crippen LogP contribution is -2.47. The zero-order valence-corrected chi connectivity index (χ0v) is 19.1. The van der Waals surface area contributed by atoms with Crippen molar-refractivity contribution in [1.82, 2.24) is 10.3 Å². The van der Waals surface area contributed by atoms with Gasteiger partial charge >= 0.3 is 12.0 Å². The number of thiol groups is 1. The van der Waals surface area contributed by atoms with E-state index in [2.05, 4.69) is 32.8 Å². The number of esters is 1. The van der Waals surface area contributed by atoms with Gasteiger partial charge in [0.25, 0.3) is 0 Å². The van der Waals surface area contributed by atoms with Crippen LogP contribution in [0, 0.1) is 0 Å². The van der Waals surface area contributed by atoms with Crippen LogP contribution in [0.25, 0.3) is 10.9 Å². The Bertz CT molecular complexity index is 1130. The van der Waals surface area contributed by atoms with Gasteiger partial charge in [-0.05, 0) is 61.4 Å². The van der Waals surface area contributed by atoms with Crippen molar-refractivity contribution in [3.63, 3.8) is 0 Å². The number of aromatic nitrogens is 1. The molecule has 1 aliphatic heterocycles. The molecule has 2 aromatic carbocycles. The van der Waals surface area contributed by atoms with Crippen molar-refractivity contribution in [1.29, 1.82) is 0 Å². The Morgan fingerprint density at radius 2 is 1.88 bits per heavy atom. The number of urea groups is 1. The van der Waals surface area contributed by atoms with Crippen LogP contribution in [0.1, 0.15) is 23.2 Å². The van der Waals surface area contributed by atoms with Gasteiger partial charge in [0.05, 0.1) is 23.9 Å². The maximum atomic E-state index is 12.7.